The van der Waals surface area contributed by atoms with E-state index in [0.29, 0.717) is 11.4 Å². The van der Waals surface area contributed by atoms with Gasteiger partial charge in [-0.3, -0.25) is 15.6 Å². The number of carbonyl (C=O) groups excluding carboxylic acids is 1. The molecule has 0 spiro atoms. The first-order valence-corrected chi connectivity index (χ1v) is 5.57. The Kier molecular flexibility index (Phi) is 3.88. The van der Waals surface area contributed by atoms with E-state index >= 15 is 0 Å². The third-order valence-electron chi connectivity index (χ3n) is 2.57. The van der Waals surface area contributed by atoms with Crippen molar-refractivity contribution in [2.24, 2.45) is 5.84 Å². The van der Waals surface area contributed by atoms with Crippen LogP contribution in [0.1, 0.15) is 15.9 Å². The summed E-state index contributed by atoms with van der Waals surface area (Å²) in [7, 11) is 0. The highest BCUT2D eigenvalue weighted by Crippen LogP contribution is 2.17. The van der Waals surface area contributed by atoms with Crippen LogP contribution < -0.4 is 16.6 Å². The van der Waals surface area contributed by atoms with Crippen LogP contribution in [0.15, 0.2) is 36.7 Å². The monoisotopic (exact) mass is 271 g/mol. The second kappa shape index (κ2) is 5.77. The summed E-state index contributed by atoms with van der Waals surface area (Å²) in [4.78, 5) is 15.9. The fourth-order valence-electron chi connectivity index (χ4n) is 1.59. The largest absolute Gasteiger partial charge is 0.323 e. The molecule has 20 heavy (non-hydrogen) atoms. The molecular weight excluding hydrogens is 261 g/mol. The molecule has 1 amide bonds. The molecule has 0 fully saturated rings. The van der Waals surface area contributed by atoms with E-state index in [1.54, 1.807) is 12.1 Å². The molecule has 0 radical (unpaired) electrons. The minimum Gasteiger partial charge on any atom is -0.323 e. The maximum absolute atomic E-state index is 13.2. The SMILES string of the molecule is N#Cc1cc(NC(=O)c2cnccc2NN)ccc1F. The summed E-state index contributed by atoms with van der Waals surface area (Å²) in [6.07, 6.45) is 2.83. The summed E-state index contributed by atoms with van der Waals surface area (Å²) in [6.45, 7) is 0. The quantitative estimate of drug-likeness (QED) is 0.581. The van der Waals surface area contributed by atoms with E-state index in [1.165, 1.54) is 24.5 Å². The second-order valence-corrected chi connectivity index (χ2v) is 3.83. The van der Waals surface area contributed by atoms with Crippen LogP contribution in [-0.4, -0.2) is 10.9 Å². The Morgan fingerprint density at radius 3 is 2.90 bits per heavy atom. The van der Waals surface area contributed by atoms with Crippen LogP contribution >= 0.6 is 0 Å². The number of benzene rings is 1. The molecule has 0 saturated carbocycles. The van der Waals surface area contributed by atoms with Gasteiger partial charge in [0.25, 0.3) is 5.91 Å². The number of pyridine rings is 1. The maximum atomic E-state index is 13.2. The third-order valence-corrected chi connectivity index (χ3v) is 2.57. The number of halogens is 1. The van der Waals surface area contributed by atoms with Crippen molar-refractivity contribution in [3.05, 3.63) is 53.6 Å². The van der Waals surface area contributed by atoms with Crippen LogP contribution in [0.2, 0.25) is 0 Å². The van der Waals surface area contributed by atoms with Crippen molar-refractivity contribution < 1.29 is 9.18 Å². The van der Waals surface area contributed by atoms with Crippen molar-refractivity contribution in [2.45, 2.75) is 0 Å². The number of nitriles is 1. The number of amides is 1. The summed E-state index contributed by atoms with van der Waals surface area (Å²) < 4.78 is 13.2. The molecule has 1 aromatic heterocycles. The number of hydrogen-bond acceptors (Lipinski definition) is 5. The van der Waals surface area contributed by atoms with Crippen molar-refractivity contribution in [2.75, 3.05) is 10.7 Å². The fourth-order valence-corrected chi connectivity index (χ4v) is 1.59. The first-order valence-electron chi connectivity index (χ1n) is 5.57. The average Bonchev–Trinajstić information content (AvgIpc) is 2.49. The van der Waals surface area contributed by atoms with Gasteiger partial charge in [0.1, 0.15) is 11.9 Å². The molecule has 4 N–H and O–H groups in total. The molecule has 0 saturated heterocycles. The summed E-state index contributed by atoms with van der Waals surface area (Å²) in [5, 5.41) is 11.3. The molecule has 1 aromatic carbocycles. The van der Waals surface area contributed by atoms with E-state index in [0.717, 1.165) is 6.07 Å². The average molecular weight is 271 g/mol. The van der Waals surface area contributed by atoms with Gasteiger partial charge in [0.05, 0.1) is 16.8 Å². The van der Waals surface area contributed by atoms with Crippen molar-refractivity contribution in [1.82, 2.24) is 4.98 Å². The van der Waals surface area contributed by atoms with Gasteiger partial charge < -0.3 is 10.7 Å². The normalized spacial score (nSPS) is 9.65. The number of nitrogens with zero attached hydrogens (tertiary/aromatic N) is 2. The lowest BCUT2D eigenvalue weighted by Gasteiger charge is -2.09. The number of nitrogen functional groups attached to an aromatic ring is 1. The van der Waals surface area contributed by atoms with Crippen LogP contribution in [0.4, 0.5) is 15.8 Å². The molecule has 6 nitrogen and oxygen atoms in total. The Balaban J connectivity index is 2.26. The Hall–Kier alpha value is -2.98. The molecule has 0 atom stereocenters. The first-order chi connectivity index (χ1) is 9.65. The highest BCUT2D eigenvalue weighted by molar-refractivity contribution is 6.07. The lowest BCUT2D eigenvalue weighted by atomic mass is 10.2. The minimum absolute atomic E-state index is 0.147. The van der Waals surface area contributed by atoms with Crippen molar-refractivity contribution >= 4 is 17.3 Å². The van der Waals surface area contributed by atoms with Gasteiger partial charge >= 0.3 is 0 Å². The fraction of sp³-hybridized carbons (Fsp3) is 0. The summed E-state index contributed by atoms with van der Waals surface area (Å²) >= 11 is 0. The molecule has 7 heteroatoms. The van der Waals surface area contributed by atoms with Gasteiger partial charge in [-0.25, -0.2) is 4.39 Å². The van der Waals surface area contributed by atoms with Crippen LogP contribution in [0, 0.1) is 17.1 Å². The number of hydrogen-bond donors (Lipinski definition) is 3. The predicted octanol–water partition coefficient (Wildman–Crippen LogP) is 1.63. The molecule has 2 aromatic rings. The van der Waals surface area contributed by atoms with E-state index in [2.05, 4.69) is 15.7 Å². The molecular formula is C13H10FN5O. The Morgan fingerprint density at radius 1 is 1.40 bits per heavy atom. The van der Waals surface area contributed by atoms with Crippen LogP contribution in [0.3, 0.4) is 0 Å². The number of nitrogens with one attached hydrogen (secondary N) is 2. The van der Waals surface area contributed by atoms with Gasteiger partial charge in [0.2, 0.25) is 0 Å². The third kappa shape index (κ3) is 2.71. The molecule has 0 aliphatic heterocycles. The second-order valence-electron chi connectivity index (χ2n) is 3.83. The van der Waals surface area contributed by atoms with E-state index in [4.69, 9.17) is 11.1 Å². The van der Waals surface area contributed by atoms with Gasteiger partial charge in [0.15, 0.2) is 0 Å². The van der Waals surface area contributed by atoms with Crippen molar-refractivity contribution in [3.8, 4) is 6.07 Å². The highest BCUT2D eigenvalue weighted by atomic mass is 19.1. The Morgan fingerprint density at radius 2 is 2.20 bits per heavy atom. The lowest BCUT2D eigenvalue weighted by Crippen LogP contribution is -2.17. The lowest BCUT2D eigenvalue weighted by molar-refractivity contribution is 0.102. The predicted molar refractivity (Wildman–Crippen MR) is 71.1 cm³/mol. The Labute approximate surface area is 114 Å². The smallest absolute Gasteiger partial charge is 0.259 e. The zero-order valence-corrected chi connectivity index (χ0v) is 10.2. The number of carbonyl (C=O) groups is 1. The number of hydrazine groups is 1. The molecule has 0 bridgehead atoms. The van der Waals surface area contributed by atoms with Gasteiger partial charge in [-0.05, 0) is 24.3 Å². The van der Waals surface area contributed by atoms with Crippen molar-refractivity contribution in [3.63, 3.8) is 0 Å². The van der Waals surface area contributed by atoms with E-state index in [9.17, 15) is 9.18 Å². The highest BCUT2D eigenvalue weighted by Gasteiger charge is 2.12. The topological polar surface area (TPSA) is 104 Å². The number of rotatable bonds is 3. The molecule has 2 rings (SSSR count). The zero-order chi connectivity index (χ0) is 14.5. The van der Waals surface area contributed by atoms with Gasteiger partial charge in [-0.15, -0.1) is 0 Å². The number of nitrogens with two attached hydrogens (primary N) is 1. The zero-order valence-electron chi connectivity index (χ0n) is 10.2. The van der Waals surface area contributed by atoms with Gasteiger partial charge in [-0.1, -0.05) is 0 Å². The summed E-state index contributed by atoms with van der Waals surface area (Å²) in [6, 6.07) is 6.96. The Bertz CT molecular complexity index is 695. The van der Waals surface area contributed by atoms with Gasteiger partial charge in [0, 0.05) is 18.1 Å². The van der Waals surface area contributed by atoms with Crippen LogP contribution in [0.5, 0.6) is 0 Å². The molecule has 0 aliphatic rings. The van der Waals surface area contributed by atoms with Crippen LogP contribution in [0.25, 0.3) is 0 Å². The summed E-state index contributed by atoms with van der Waals surface area (Å²) in [5.74, 6) is 4.18. The standard InChI is InChI=1S/C13H10FN5O/c14-11-2-1-9(5-8(11)6-15)18-13(20)10-7-17-4-3-12(10)19-16/h1-5,7H,16H2,(H,17,19)(H,18,20). The summed E-state index contributed by atoms with van der Waals surface area (Å²) in [5.41, 5.74) is 3.18. The maximum Gasteiger partial charge on any atom is 0.259 e. The van der Waals surface area contributed by atoms with Gasteiger partial charge in [-0.2, -0.15) is 5.26 Å². The van der Waals surface area contributed by atoms with Crippen molar-refractivity contribution in [1.29, 1.82) is 5.26 Å². The number of anilines is 2. The van der Waals surface area contributed by atoms with E-state index in [1.807, 2.05) is 0 Å². The van der Waals surface area contributed by atoms with E-state index < -0.39 is 11.7 Å². The molecule has 100 valence electrons. The molecule has 0 unspecified atom stereocenters. The molecule has 0 aliphatic carbocycles. The minimum atomic E-state index is -0.642. The first kappa shape index (κ1) is 13.5. The van der Waals surface area contributed by atoms with E-state index in [-0.39, 0.29) is 11.1 Å². The molecule has 1 heterocycles. The number of aromatic nitrogens is 1. The van der Waals surface area contributed by atoms with Crippen LogP contribution in [-0.2, 0) is 0 Å².